The zero-order valence-corrected chi connectivity index (χ0v) is 15.0. The van der Waals surface area contributed by atoms with Crippen LogP contribution in [0.3, 0.4) is 0 Å². The van der Waals surface area contributed by atoms with Gasteiger partial charge in [-0.25, -0.2) is 4.39 Å². The first-order chi connectivity index (χ1) is 12.4. The van der Waals surface area contributed by atoms with E-state index < -0.39 is 6.10 Å². The van der Waals surface area contributed by atoms with Gasteiger partial charge in [0.2, 0.25) is 0 Å². The molecule has 6 heteroatoms. The van der Waals surface area contributed by atoms with E-state index in [9.17, 15) is 14.3 Å². The molecule has 0 radical (unpaired) electrons. The molecule has 0 spiro atoms. The molecule has 0 bridgehead atoms. The topological polar surface area (TPSA) is 62.7 Å². The Labute approximate surface area is 151 Å². The first kappa shape index (κ1) is 17.4. The van der Waals surface area contributed by atoms with Gasteiger partial charge < -0.3 is 14.7 Å². The zero-order valence-electron chi connectivity index (χ0n) is 15.0. The van der Waals surface area contributed by atoms with Crippen LogP contribution in [0, 0.1) is 12.7 Å². The number of hydrogen-bond acceptors (Lipinski definition) is 4. The molecule has 1 aliphatic carbocycles. The molecule has 4 rings (SSSR count). The van der Waals surface area contributed by atoms with Crippen LogP contribution < -0.4 is 0 Å². The number of aliphatic hydroxyl groups excluding tert-OH is 1. The maximum atomic E-state index is 13.6. The van der Waals surface area contributed by atoms with Crippen LogP contribution in [-0.4, -0.2) is 52.3 Å². The second-order valence-electron chi connectivity index (χ2n) is 7.43. The predicted molar refractivity (Wildman–Crippen MR) is 95.5 cm³/mol. The lowest BCUT2D eigenvalue weighted by Crippen LogP contribution is -2.52. The lowest BCUT2D eigenvalue weighted by molar-refractivity contribution is -0.0824. The number of aryl methyl sites for hydroxylation is 1. The van der Waals surface area contributed by atoms with Crippen molar-refractivity contribution < 1.29 is 19.0 Å². The van der Waals surface area contributed by atoms with Crippen molar-refractivity contribution in [1.29, 1.82) is 0 Å². The van der Waals surface area contributed by atoms with Crippen molar-refractivity contribution in [2.45, 2.75) is 50.4 Å². The normalized spacial score (nSPS) is 28.4. The number of nitrogens with zero attached hydrogens (tertiary/aromatic N) is 2. The summed E-state index contributed by atoms with van der Waals surface area (Å²) in [6.45, 7) is 2.39. The molecule has 0 unspecified atom stereocenters. The van der Waals surface area contributed by atoms with Crippen LogP contribution in [0.25, 0.3) is 10.9 Å². The number of aliphatic hydroxyl groups is 1. The van der Waals surface area contributed by atoms with E-state index in [-0.39, 0.29) is 23.4 Å². The lowest BCUT2D eigenvalue weighted by Gasteiger charge is -2.42. The van der Waals surface area contributed by atoms with Crippen molar-refractivity contribution in [3.05, 3.63) is 41.3 Å². The summed E-state index contributed by atoms with van der Waals surface area (Å²) >= 11 is 0. The highest BCUT2D eigenvalue weighted by molar-refractivity contribution is 6.06. The number of hydrogen-bond donors (Lipinski definition) is 1. The van der Waals surface area contributed by atoms with Crippen LogP contribution in [0.4, 0.5) is 4.39 Å². The van der Waals surface area contributed by atoms with Crippen LogP contribution in [0.5, 0.6) is 0 Å². The maximum absolute atomic E-state index is 13.6. The van der Waals surface area contributed by atoms with Gasteiger partial charge in [0.15, 0.2) is 0 Å². The number of aromatic nitrogens is 1. The minimum Gasteiger partial charge on any atom is -0.393 e. The zero-order chi connectivity index (χ0) is 18.5. The molecule has 1 aliphatic heterocycles. The highest BCUT2D eigenvalue weighted by Crippen LogP contribution is 2.43. The highest BCUT2D eigenvalue weighted by Gasteiger charge is 2.52. The number of fused-ring (bicyclic) bond motifs is 2. The summed E-state index contributed by atoms with van der Waals surface area (Å²) in [4.78, 5) is 19.6. The Kier molecular flexibility index (Phi) is 4.20. The number of halogens is 1. The van der Waals surface area contributed by atoms with E-state index in [0.29, 0.717) is 41.5 Å². The minimum atomic E-state index is -0.415. The van der Waals surface area contributed by atoms with Gasteiger partial charge in [-0.2, -0.15) is 0 Å². The second kappa shape index (κ2) is 6.28. The van der Waals surface area contributed by atoms with E-state index in [2.05, 4.69) is 4.98 Å². The molecule has 1 amide bonds. The number of carbonyl (C=O) groups is 1. The molecular formula is C20H23FN2O3. The lowest BCUT2D eigenvalue weighted by atomic mass is 9.79. The fourth-order valence-electron chi connectivity index (χ4n) is 4.59. The molecule has 1 aromatic heterocycles. The Hall–Kier alpha value is -2.05. The highest BCUT2D eigenvalue weighted by atomic mass is 19.1. The van der Waals surface area contributed by atoms with Crippen LogP contribution in [0.2, 0.25) is 0 Å². The number of benzene rings is 1. The van der Waals surface area contributed by atoms with Gasteiger partial charge in [-0.3, -0.25) is 9.78 Å². The van der Waals surface area contributed by atoms with E-state index in [1.807, 2.05) is 4.90 Å². The van der Waals surface area contributed by atoms with Gasteiger partial charge in [-0.15, -0.1) is 0 Å². The first-order valence-corrected chi connectivity index (χ1v) is 9.04. The van der Waals surface area contributed by atoms with Gasteiger partial charge in [0, 0.05) is 30.8 Å². The van der Waals surface area contributed by atoms with Gasteiger partial charge in [-0.1, -0.05) is 0 Å². The molecular weight excluding hydrogens is 335 g/mol. The largest absolute Gasteiger partial charge is 0.393 e. The van der Waals surface area contributed by atoms with E-state index in [1.54, 1.807) is 26.2 Å². The summed E-state index contributed by atoms with van der Waals surface area (Å²) in [7, 11) is 1.69. The molecule has 26 heavy (non-hydrogen) atoms. The summed E-state index contributed by atoms with van der Waals surface area (Å²) in [6, 6.07) is 5.93. The minimum absolute atomic E-state index is 0.106. The van der Waals surface area contributed by atoms with Gasteiger partial charge in [0.05, 0.1) is 28.8 Å². The number of rotatable bonds is 2. The van der Waals surface area contributed by atoms with Crippen LogP contribution in [-0.2, 0) is 4.74 Å². The standard InChI is InChI=1S/C20H23FN2O3/c1-12-9-16(15-4-3-13(21)10-17(15)22-12)19(25)23-8-7-20(26-2)6-5-14(24)11-18(20)23/h3-4,9-10,14,18,24H,5-8,11H2,1-2H3/t14-,18+,20-/m1/s1. The molecule has 138 valence electrons. The fraction of sp³-hybridized carbons (Fsp3) is 0.500. The Balaban J connectivity index is 1.75. The summed E-state index contributed by atoms with van der Waals surface area (Å²) in [5, 5.41) is 10.8. The van der Waals surface area contributed by atoms with E-state index in [1.165, 1.54) is 12.1 Å². The predicted octanol–water partition coefficient (Wildman–Crippen LogP) is 2.83. The number of amides is 1. The Morgan fingerprint density at radius 2 is 2.19 bits per heavy atom. The molecule has 2 aromatic rings. The SMILES string of the molecule is CO[C@@]12CC[C@@H](O)C[C@@H]1N(C(=O)c1cc(C)nc3cc(F)ccc13)CC2. The smallest absolute Gasteiger partial charge is 0.254 e. The molecule has 1 saturated heterocycles. The molecule has 2 fully saturated rings. The molecule has 1 aromatic carbocycles. The number of ether oxygens (including phenoxy) is 1. The number of carbonyl (C=O) groups excluding carboxylic acids is 1. The average Bonchev–Trinajstić information content (AvgIpc) is 2.99. The fourth-order valence-corrected chi connectivity index (χ4v) is 4.59. The van der Waals surface area contributed by atoms with Crippen molar-refractivity contribution in [3.8, 4) is 0 Å². The van der Waals surface area contributed by atoms with Crippen LogP contribution in [0.15, 0.2) is 24.3 Å². The van der Waals surface area contributed by atoms with Crippen LogP contribution >= 0.6 is 0 Å². The van der Waals surface area contributed by atoms with Gasteiger partial charge in [0.1, 0.15) is 5.82 Å². The third-order valence-electron chi connectivity index (χ3n) is 5.95. The summed E-state index contributed by atoms with van der Waals surface area (Å²) in [6.07, 6.45) is 2.32. The molecule has 2 heterocycles. The molecule has 3 atom stereocenters. The third-order valence-corrected chi connectivity index (χ3v) is 5.95. The summed E-state index contributed by atoms with van der Waals surface area (Å²) in [5.74, 6) is -0.478. The van der Waals surface area contributed by atoms with Crippen molar-refractivity contribution in [2.24, 2.45) is 0 Å². The van der Waals surface area contributed by atoms with Crippen molar-refractivity contribution in [1.82, 2.24) is 9.88 Å². The van der Waals surface area contributed by atoms with E-state index in [0.717, 1.165) is 12.8 Å². The monoisotopic (exact) mass is 358 g/mol. The van der Waals surface area contributed by atoms with Crippen molar-refractivity contribution >= 4 is 16.8 Å². The van der Waals surface area contributed by atoms with Crippen molar-refractivity contribution in [3.63, 3.8) is 0 Å². The molecule has 1 saturated carbocycles. The van der Waals surface area contributed by atoms with Gasteiger partial charge in [0.25, 0.3) is 5.91 Å². The van der Waals surface area contributed by atoms with Crippen LogP contribution in [0.1, 0.15) is 41.7 Å². The van der Waals surface area contributed by atoms with Gasteiger partial charge in [-0.05, 0) is 50.8 Å². The number of pyridine rings is 1. The van der Waals surface area contributed by atoms with Gasteiger partial charge >= 0.3 is 0 Å². The third kappa shape index (κ3) is 2.68. The molecule has 2 aliphatic rings. The molecule has 5 nitrogen and oxygen atoms in total. The average molecular weight is 358 g/mol. The summed E-state index contributed by atoms with van der Waals surface area (Å²) < 4.78 is 19.4. The maximum Gasteiger partial charge on any atom is 0.254 e. The Morgan fingerprint density at radius 1 is 1.38 bits per heavy atom. The van der Waals surface area contributed by atoms with E-state index in [4.69, 9.17) is 4.74 Å². The number of likely N-dealkylation sites (tertiary alicyclic amines) is 1. The first-order valence-electron chi connectivity index (χ1n) is 9.04. The second-order valence-corrected chi connectivity index (χ2v) is 7.43. The Bertz CT molecular complexity index is 866. The summed E-state index contributed by atoms with van der Waals surface area (Å²) in [5.41, 5.74) is 1.31. The Morgan fingerprint density at radius 3 is 2.96 bits per heavy atom. The number of methoxy groups -OCH3 is 1. The van der Waals surface area contributed by atoms with E-state index >= 15 is 0 Å². The van der Waals surface area contributed by atoms with Crippen molar-refractivity contribution in [2.75, 3.05) is 13.7 Å². The quantitative estimate of drug-likeness (QED) is 0.897. The molecule has 1 N–H and O–H groups in total.